The smallest absolute Gasteiger partial charge is 0.339 e. The average Bonchev–Trinajstić information content (AvgIpc) is 2.41. The molecule has 1 aromatic carbocycles. The zero-order valence-electron chi connectivity index (χ0n) is 11.2. The van der Waals surface area contributed by atoms with Gasteiger partial charge in [-0.05, 0) is 31.5 Å². The maximum absolute atomic E-state index is 11.9. The van der Waals surface area contributed by atoms with Gasteiger partial charge < -0.3 is 25.5 Å². The van der Waals surface area contributed by atoms with Crippen LogP contribution in [0, 0.1) is 0 Å². The number of carboxylic acid groups (broad SMARTS) is 1. The number of hydrogen-bond donors (Lipinski definition) is 4. The lowest BCUT2D eigenvalue weighted by Gasteiger charge is -2.21. The van der Waals surface area contributed by atoms with Gasteiger partial charge in [0.25, 0.3) is 0 Å². The van der Waals surface area contributed by atoms with Gasteiger partial charge >= 0.3 is 12.0 Å². The number of benzene rings is 1. The second-order valence-electron chi connectivity index (χ2n) is 4.12. The Balaban J connectivity index is 2.79. The molecule has 0 unspecified atom stereocenters. The highest BCUT2D eigenvalue weighted by atomic mass is 16.4. The van der Waals surface area contributed by atoms with E-state index in [1.54, 1.807) is 6.92 Å². The van der Waals surface area contributed by atoms with E-state index in [9.17, 15) is 14.7 Å². The molecule has 1 rings (SSSR count). The zero-order valence-corrected chi connectivity index (χ0v) is 11.2. The minimum atomic E-state index is -1.27. The van der Waals surface area contributed by atoms with Gasteiger partial charge in [-0.1, -0.05) is 0 Å². The number of aliphatic hydroxyl groups is 1. The minimum absolute atomic E-state index is 0.00779. The van der Waals surface area contributed by atoms with Crippen LogP contribution >= 0.6 is 0 Å². The number of carbonyl (C=O) groups excluding carboxylic acids is 1. The van der Waals surface area contributed by atoms with Crippen molar-refractivity contribution in [2.75, 3.05) is 25.0 Å². The van der Waals surface area contributed by atoms with Crippen molar-refractivity contribution in [1.82, 2.24) is 4.90 Å². The normalized spacial score (nSPS) is 10.1. The van der Waals surface area contributed by atoms with Gasteiger partial charge in [-0.15, -0.1) is 0 Å². The van der Waals surface area contributed by atoms with E-state index < -0.39 is 5.97 Å². The van der Waals surface area contributed by atoms with E-state index in [-0.39, 0.29) is 29.6 Å². The monoisotopic (exact) mass is 282 g/mol. The third-order valence-corrected chi connectivity index (χ3v) is 2.73. The number of carbonyl (C=O) groups is 2. The quantitative estimate of drug-likeness (QED) is 0.588. The fourth-order valence-electron chi connectivity index (χ4n) is 1.65. The first-order chi connectivity index (χ1) is 9.49. The van der Waals surface area contributed by atoms with E-state index in [2.05, 4.69) is 5.32 Å². The number of phenols is 1. The SMILES string of the molecule is CCN(CCCO)C(=O)Nc1ccc(O)c(C(=O)O)c1. The molecule has 7 heteroatoms. The van der Waals surface area contributed by atoms with Gasteiger partial charge in [0, 0.05) is 25.4 Å². The molecule has 2 amide bonds. The predicted molar refractivity (Wildman–Crippen MR) is 73.0 cm³/mol. The molecule has 0 radical (unpaired) electrons. The number of amides is 2. The first-order valence-corrected chi connectivity index (χ1v) is 6.22. The van der Waals surface area contributed by atoms with Crippen LogP contribution in [0.3, 0.4) is 0 Å². The second-order valence-corrected chi connectivity index (χ2v) is 4.12. The van der Waals surface area contributed by atoms with Gasteiger partial charge in [0.15, 0.2) is 0 Å². The molecule has 1 aromatic rings. The highest BCUT2D eigenvalue weighted by Gasteiger charge is 2.14. The molecule has 0 atom stereocenters. The summed E-state index contributed by atoms with van der Waals surface area (Å²) in [6, 6.07) is 3.43. The minimum Gasteiger partial charge on any atom is -0.507 e. The molecule has 0 spiro atoms. The third kappa shape index (κ3) is 4.13. The summed E-state index contributed by atoms with van der Waals surface area (Å²) < 4.78 is 0. The third-order valence-electron chi connectivity index (χ3n) is 2.73. The van der Waals surface area contributed by atoms with Crippen LogP contribution in [0.2, 0.25) is 0 Å². The van der Waals surface area contributed by atoms with Gasteiger partial charge in [0.05, 0.1) is 0 Å². The van der Waals surface area contributed by atoms with Crippen molar-refractivity contribution in [1.29, 1.82) is 0 Å². The largest absolute Gasteiger partial charge is 0.507 e. The van der Waals surface area contributed by atoms with Crippen LogP contribution in [-0.2, 0) is 0 Å². The average molecular weight is 282 g/mol. The van der Waals surface area contributed by atoms with E-state index in [4.69, 9.17) is 10.2 Å². The second kappa shape index (κ2) is 7.34. The number of nitrogens with zero attached hydrogens (tertiary/aromatic N) is 1. The molecule has 0 aliphatic heterocycles. The van der Waals surface area contributed by atoms with Crippen molar-refractivity contribution < 1.29 is 24.9 Å². The summed E-state index contributed by atoms with van der Waals surface area (Å²) in [6.07, 6.45) is 0.469. The van der Waals surface area contributed by atoms with E-state index in [1.807, 2.05) is 0 Å². The number of anilines is 1. The summed E-state index contributed by atoms with van der Waals surface area (Å²) in [5, 5.41) is 29.6. The summed E-state index contributed by atoms with van der Waals surface area (Å²) in [4.78, 5) is 24.3. The Hall–Kier alpha value is -2.28. The van der Waals surface area contributed by atoms with Crippen molar-refractivity contribution in [2.24, 2.45) is 0 Å². The highest BCUT2D eigenvalue weighted by molar-refractivity contribution is 5.95. The summed E-state index contributed by atoms with van der Waals surface area (Å²) >= 11 is 0. The van der Waals surface area contributed by atoms with Crippen LogP contribution in [0.4, 0.5) is 10.5 Å². The van der Waals surface area contributed by atoms with Crippen LogP contribution in [0.1, 0.15) is 23.7 Å². The Kier molecular flexibility index (Phi) is 5.79. The van der Waals surface area contributed by atoms with Crippen molar-refractivity contribution in [2.45, 2.75) is 13.3 Å². The molecule has 4 N–H and O–H groups in total. The van der Waals surface area contributed by atoms with E-state index in [1.165, 1.54) is 23.1 Å². The van der Waals surface area contributed by atoms with Gasteiger partial charge in [0.1, 0.15) is 11.3 Å². The molecule has 7 nitrogen and oxygen atoms in total. The number of aromatic carboxylic acids is 1. The Morgan fingerprint density at radius 3 is 2.60 bits per heavy atom. The van der Waals surface area contributed by atoms with Crippen molar-refractivity contribution in [3.05, 3.63) is 23.8 Å². The lowest BCUT2D eigenvalue weighted by molar-refractivity contribution is 0.0693. The number of urea groups is 1. The molecule has 0 bridgehead atoms. The van der Waals surface area contributed by atoms with Crippen LogP contribution in [0.5, 0.6) is 5.75 Å². The molecule has 0 aliphatic rings. The number of nitrogens with one attached hydrogen (secondary N) is 1. The summed E-state index contributed by atoms with van der Waals surface area (Å²) in [6.45, 7) is 2.67. The van der Waals surface area contributed by atoms with E-state index >= 15 is 0 Å². The molecule has 0 heterocycles. The Morgan fingerprint density at radius 2 is 2.05 bits per heavy atom. The molecule has 0 saturated carbocycles. The van der Waals surface area contributed by atoms with Gasteiger partial charge in [-0.3, -0.25) is 0 Å². The van der Waals surface area contributed by atoms with Crippen molar-refractivity contribution >= 4 is 17.7 Å². The predicted octanol–water partition coefficient (Wildman–Crippen LogP) is 1.33. The molecule has 0 saturated heterocycles. The van der Waals surface area contributed by atoms with Crippen molar-refractivity contribution in [3.63, 3.8) is 0 Å². The van der Waals surface area contributed by atoms with E-state index in [0.29, 0.717) is 19.5 Å². The van der Waals surface area contributed by atoms with Crippen LogP contribution in [0.15, 0.2) is 18.2 Å². The fourth-order valence-corrected chi connectivity index (χ4v) is 1.65. The molecule has 20 heavy (non-hydrogen) atoms. The lowest BCUT2D eigenvalue weighted by Crippen LogP contribution is -2.35. The van der Waals surface area contributed by atoms with Crippen LogP contribution < -0.4 is 5.32 Å². The number of aromatic hydroxyl groups is 1. The number of hydrogen-bond acceptors (Lipinski definition) is 4. The number of rotatable bonds is 6. The van der Waals surface area contributed by atoms with Gasteiger partial charge in [-0.2, -0.15) is 0 Å². The molecular formula is C13H18N2O5. The molecule has 0 aliphatic carbocycles. The first-order valence-electron chi connectivity index (χ1n) is 6.22. The van der Waals surface area contributed by atoms with E-state index in [0.717, 1.165) is 0 Å². The van der Waals surface area contributed by atoms with Gasteiger partial charge in [-0.25, -0.2) is 9.59 Å². The van der Waals surface area contributed by atoms with Crippen molar-refractivity contribution in [3.8, 4) is 5.75 Å². The Labute approximate surface area is 116 Å². The van der Waals surface area contributed by atoms with Crippen LogP contribution in [0.25, 0.3) is 0 Å². The molecule has 0 aromatic heterocycles. The first kappa shape index (κ1) is 15.8. The van der Waals surface area contributed by atoms with Crippen LogP contribution in [-0.4, -0.2) is 51.9 Å². The molecule has 110 valence electrons. The molecular weight excluding hydrogens is 264 g/mol. The van der Waals surface area contributed by atoms with Gasteiger partial charge in [0.2, 0.25) is 0 Å². The lowest BCUT2D eigenvalue weighted by atomic mass is 10.2. The number of carboxylic acids is 1. The summed E-state index contributed by atoms with van der Waals surface area (Å²) in [7, 11) is 0. The Morgan fingerprint density at radius 1 is 1.35 bits per heavy atom. The summed E-state index contributed by atoms with van der Waals surface area (Å²) in [5.74, 6) is -1.63. The Bertz CT molecular complexity index is 490. The zero-order chi connectivity index (χ0) is 15.1. The molecule has 0 fully saturated rings. The highest BCUT2D eigenvalue weighted by Crippen LogP contribution is 2.21. The maximum Gasteiger partial charge on any atom is 0.339 e. The fraction of sp³-hybridized carbons (Fsp3) is 0.385. The number of aliphatic hydroxyl groups excluding tert-OH is 1. The summed E-state index contributed by atoms with van der Waals surface area (Å²) in [5.41, 5.74) is 0.00820. The topological polar surface area (TPSA) is 110 Å². The maximum atomic E-state index is 11.9. The standard InChI is InChI=1S/C13H18N2O5/c1-2-15(6-3-7-16)13(20)14-9-4-5-11(17)10(8-9)12(18)19/h4-5,8,16-17H,2-3,6-7H2,1H3,(H,14,20)(H,18,19).